The minimum atomic E-state index is -5.61. The molecule has 7 heavy (non-hydrogen) atoms. The van der Waals surface area contributed by atoms with Crippen molar-refractivity contribution in [3.05, 3.63) is 0 Å². The van der Waals surface area contributed by atoms with E-state index in [1.807, 2.05) is 0 Å². The monoisotopic (exact) mass is 179 g/mol. The van der Waals surface area contributed by atoms with Crippen molar-refractivity contribution in [2.75, 3.05) is 0 Å². The molecule has 7 heteroatoms. The summed E-state index contributed by atoms with van der Waals surface area (Å²) < 4.78 is 0. The molecular weight excluding hydrogens is 179 g/mol. The Bertz CT molecular complexity index is 27.2. The van der Waals surface area contributed by atoms with Crippen LogP contribution in [0.1, 0.15) is 0 Å². The van der Waals surface area contributed by atoms with Crippen molar-refractivity contribution in [2.24, 2.45) is 0 Å². The summed E-state index contributed by atoms with van der Waals surface area (Å²) in [6.07, 6.45) is 0. The molecular formula is KO4SiTi+. The van der Waals surface area contributed by atoms with Gasteiger partial charge < -0.3 is 28.2 Å². The van der Waals surface area contributed by atoms with E-state index in [9.17, 15) is 0 Å². The smallest absolute Gasteiger partial charge is 0.894 e. The standard InChI is InChI=1S/K.O4Si.Ti/c;1-5(2,3)4;/q+1;-4;+4. The fraction of sp³-hybridized carbons (Fsp3) is 0. The van der Waals surface area contributed by atoms with Gasteiger partial charge in [-0.3, -0.25) is 0 Å². The van der Waals surface area contributed by atoms with Gasteiger partial charge in [-0.2, -0.15) is 0 Å². The summed E-state index contributed by atoms with van der Waals surface area (Å²) in [5.41, 5.74) is 0. The zero-order chi connectivity index (χ0) is 4.50. The molecule has 0 aliphatic rings. The summed E-state index contributed by atoms with van der Waals surface area (Å²) in [5, 5.41) is 0. The largest absolute Gasteiger partial charge is 4.00 e. The molecule has 0 heterocycles. The van der Waals surface area contributed by atoms with Crippen molar-refractivity contribution in [1.82, 2.24) is 0 Å². The Morgan fingerprint density at radius 2 is 0.857 bits per heavy atom. The van der Waals surface area contributed by atoms with E-state index in [0.717, 1.165) is 0 Å². The number of rotatable bonds is 0. The molecule has 0 saturated heterocycles. The summed E-state index contributed by atoms with van der Waals surface area (Å²) in [7, 11) is -5.61. The van der Waals surface area contributed by atoms with Crippen molar-refractivity contribution in [1.29, 1.82) is 0 Å². The third-order valence-corrected chi connectivity index (χ3v) is 0. The van der Waals surface area contributed by atoms with Gasteiger partial charge in [-0.1, -0.05) is 0 Å². The summed E-state index contributed by atoms with van der Waals surface area (Å²) in [4.78, 5) is 34.3. The van der Waals surface area contributed by atoms with Crippen LogP contribution in [0, 0.1) is 0 Å². The van der Waals surface area contributed by atoms with Crippen molar-refractivity contribution < 1.29 is 92.3 Å². The van der Waals surface area contributed by atoms with Gasteiger partial charge in [0.25, 0.3) is 0 Å². The second kappa shape index (κ2) is 6.53. The molecule has 0 aliphatic heterocycles. The van der Waals surface area contributed by atoms with Crippen LogP contribution in [0.15, 0.2) is 0 Å². The Morgan fingerprint density at radius 1 is 0.857 bits per heavy atom. The van der Waals surface area contributed by atoms with Gasteiger partial charge in [-0.25, -0.2) is 0 Å². The van der Waals surface area contributed by atoms with Crippen LogP contribution < -0.4 is 70.6 Å². The minimum Gasteiger partial charge on any atom is -0.894 e. The van der Waals surface area contributed by atoms with Crippen molar-refractivity contribution in [3.8, 4) is 0 Å². The third kappa shape index (κ3) is 59.6. The first kappa shape index (κ1) is 16.2. The fourth-order valence-corrected chi connectivity index (χ4v) is 0. The van der Waals surface area contributed by atoms with E-state index in [1.165, 1.54) is 0 Å². The maximum Gasteiger partial charge on any atom is 4.00 e. The molecule has 0 aromatic heterocycles. The van der Waals surface area contributed by atoms with E-state index in [0.29, 0.717) is 0 Å². The topological polar surface area (TPSA) is 92.2 Å². The third-order valence-electron chi connectivity index (χ3n) is 0. The van der Waals surface area contributed by atoms with E-state index in [2.05, 4.69) is 0 Å². The molecule has 0 rings (SSSR count). The predicted octanol–water partition coefficient (Wildman–Crippen LogP) is -8.14. The van der Waals surface area contributed by atoms with Crippen LogP contribution in [-0.4, -0.2) is 9.05 Å². The minimum absolute atomic E-state index is 0. The Kier molecular flexibility index (Phi) is 15.1. The zero-order valence-corrected chi connectivity index (χ0v) is 9.32. The molecule has 0 saturated carbocycles. The molecule has 0 aromatic rings. The van der Waals surface area contributed by atoms with E-state index in [-0.39, 0.29) is 73.1 Å². The second-order valence-corrected chi connectivity index (χ2v) is 1.50. The van der Waals surface area contributed by atoms with Crippen LogP contribution in [0.25, 0.3) is 0 Å². The first-order chi connectivity index (χ1) is 2.00. The Labute approximate surface area is 99.4 Å². The van der Waals surface area contributed by atoms with Gasteiger partial charge in [0.2, 0.25) is 0 Å². The Balaban J connectivity index is -0.0000000800. The van der Waals surface area contributed by atoms with Gasteiger partial charge in [-0.05, 0) is 0 Å². The Morgan fingerprint density at radius 3 is 0.857 bits per heavy atom. The molecule has 0 radical (unpaired) electrons. The van der Waals surface area contributed by atoms with Crippen LogP contribution in [0.2, 0.25) is 0 Å². The average Bonchev–Trinajstić information content (AvgIpc) is 0.722. The molecule has 0 unspecified atom stereocenters. The summed E-state index contributed by atoms with van der Waals surface area (Å²) in [5.74, 6) is 0. The van der Waals surface area contributed by atoms with Crippen LogP contribution in [0.5, 0.6) is 0 Å². The SMILES string of the molecule is [K+].[O-][Si]([O-])([O-])[O-].[Ti+4]. The maximum atomic E-state index is 8.58. The molecule has 0 aromatic carbocycles. The zero-order valence-electron chi connectivity index (χ0n) is 3.63. The van der Waals surface area contributed by atoms with E-state index in [4.69, 9.17) is 19.2 Å². The molecule has 0 spiro atoms. The van der Waals surface area contributed by atoms with Gasteiger partial charge in [-0.15, -0.1) is 0 Å². The average molecular weight is 179 g/mol. The van der Waals surface area contributed by atoms with Crippen molar-refractivity contribution >= 4 is 9.05 Å². The summed E-state index contributed by atoms with van der Waals surface area (Å²) >= 11 is 0. The quantitative estimate of drug-likeness (QED) is 0.345. The number of hydrogen-bond donors (Lipinski definition) is 0. The first-order valence-electron chi connectivity index (χ1n) is 0.816. The van der Waals surface area contributed by atoms with Crippen LogP contribution in [-0.2, 0) is 21.7 Å². The van der Waals surface area contributed by atoms with Gasteiger partial charge >= 0.3 is 73.1 Å². The molecule has 0 N–H and O–H groups in total. The van der Waals surface area contributed by atoms with Gasteiger partial charge in [0.15, 0.2) is 0 Å². The maximum absolute atomic E-state index is 8.58. The van der Waals surface area contributed by atoms with Crippen LogP contribution in [0.4, 0.5) is 0 Å². The fourth-order valence-electron chi connectivity index (χ4n) is 0. The molecule has 0 amide bonds. The Hall–Kier alpha value is 2.41. The van der Waals surface area contributed by atoms with E-state index >= 15 is 0 Å². The van der Waals surface area contributed by atoms with Gasteiger partial charge in [0.1, 0.15) is 0 Å². The van der Waals surface area contributed by atoms with Gasteiger partial charge in [0, 0.05) is 0 Å². The molecule has 0 fully saturated rings. The van der Waals surface area contributed by atoms with E-state index < -0.39 is 9.05 Å². The van der Waals surface area contributed by atoms with Gasteiger partial charge in [0.05, 0.1) is 0 Å². The normalized spacial score (nSPS) is 8.57. The molecule has 4 nitrogen and oxygen atoms in total. The van der Waals surface area contributed by atoms with Crippen molar-refractivity contribution in [3.63, 3.8) is 0 Å². The van der Waals surface area contributed by atoms with Crippen molar-refractivity contribution in [2.45, 2.75) is 0 Å². The second-order valence-electron chi connectivity index (χ2n) is 0.500. The predicted molar refractivity (Wildman–Crippen MR) is 5.75 cm³/mol. The summed E-state index contributed by atoms with van der Waals surface area (Å²) in [6, 6.07) is 0. The molecule has 0 bridgehead atoms. The van der Waals surface area contributed by atoms with E-state index in [1.54, 1.807) is 0 Å². The number of hydrogen-bond acceptors (Lipinski definition) is 4. The molecule has 0 aliphatic carbocycles. The molecule has 32 valence electrons. The van der Waals surface area contributed by atoms with Crippen LogP contribution in [0.3, 0.4) is 0 Å². The summed E-state index contributed by atoms with van der Waals surface area (Å²) in [6.45, 7) is 0. The van der Waals surface area contributed by atoms with Crippen LogP contribution >= 0.6 is 0 Å². The molecule has 0 atom stereocenters. The first-order valence-corrected chi connectivity index (χ1v) is 2.45.